The van der Waals surface area contributed by atoms with Crippen LogP contribution in [0.1, 0.15) is 6.42 Å². The van der Waals surface area contributed by atoms with Gasteiger partial charge in [0.05, 0.1) is 12.5 Å². The van der Waals surface area contributed by atoms with Gasteiger partial charge < -0.3 is 20.1 Å². The smallest absolute Gasteiger partial charge is 0.317 e. The average molecular weight is 262 g/mol. The summed E-state index contributed by atoms with van der Waals surface area (Å²) < 4.78 is 4.98. The van der Waals surface area contributed by atoms with Crippen molar-refractivity contribution in [2.24, 2.45) is 0 Å². The Hall–Kier alpha value is -0.950. The Balaban J connectivity index is 2.27. The van der Waals surface area contributed by atoms with E-state index < -0.39 is 12.1 Å². The molecule has 0 aliphatic carbocycles. The van der Waals surface area contributed by atoms with Gasteiger partial charge in [0, 0.05) is 38.2 Å². The van der Waals surface area contributed by atoms with Gasteiger partial charge in [0.25, 0.3) is 0 Å². The van der Waals surface area contributed by atoms with Crippen molar-refractivity contribution >= 4 is 23.8 Å². The minimum absolute atomic E-state index is 0.105. The summed E-state index contributed by atoms with van der Waals surface area (Å²) >= 11 is 1.83. The summed E-state index contributed by atoms with van der Waals surface area (Å²) in [6.07, 6.45) is -0.581. The number of carboxylic acids is 1. The van der Waals surface area contributed by atoms with E-state index in [1.807, 2.05) is 11.8 Å². The number of carbonyl (C=O) groups is 2. The second-order valence-corrected chi connectivity index (χ2v) is 4.97. The predicted molar refractivity (Wildman–Crippen MR) is 65.3 cm³/mol. The molecule has 2 amide bonds. The number of rotatable bonds is 5. The molecule has 1 heterocycles. The van der Waals surface area contributed by atoms with Gasteiger partial charge in [-0.3, -0.25) is 4.79 Å². The molecule has 0 bridgehead atoms. The lowest BCUT2D eigenvalue weighted by Crippen LogP contribution is -2.46. The van der Waals surface area contributed by atoms with Gasteiger partial charge in [0.2, 0.25) is 0 Å². The van der Waals surface area contributed by atoms with Crippen LogP contribution >= 0.6 is 11.8 Å². The van der Waals surface area contributed by atoms with Crippen LogP contribution in [0.4, 0.5) is 4.79 Å². The fourth-order valence-electron chi connectivity index (χ4n) is 1.51. The minimum Gasteiger partial charge on any atom is -0.481 e. The van der Waals surface area contributed by atoms with Crippen LogP contribution in [-0.4, -0.2) is 66.4 Å². The first-order chi connectivity index (χ1) is 8.13. The molecule has 1 aliphatic rings. The van der Waals surface area contributed by atoms with Crippen molar-refractivity contribution in [3.05, 3.63) is 0 Å². The monoisotopic (exact) mass is 262 g/mol. The van der Waals surface area contributed by atoms with E-state index in [-0.39, 0.29) is 19.0 Å². The summed E-state index contributed by atoms with van der Waals surface area (Å²) in [5, 5.41) is 11.3. The summed E-state index contributed by atoms with van der Waals surface area (Å²) in [4.78, 5) is 24.0. The molecule has 0 spiro atoms. The number of hydrogen-bond donors (Lipinski definition) is 2. The molecule has 0 aromatic heterocycles. The Labute approximate surface area is 105 Å². The number of carboxylic acid groups (broad SMARTS) is 1. The normalized spacial score (nSPS) is 17.6. The first-order valence-corrected chi connectivity index (χ1v) is 6.64. The number of nitrogens with one attached hydrogen (secondary N) is 1. The third kappa shape index (κ3) is 5.27. The quantitative estimate of drug-likeness (QED) is 0.741. The molecule has 1 aliphatic heterocycles. The van der Waals surface area contributed by atoms with Crippen molar-refractivity contribution < 1.29 is 19.4 Å². The number of ether oxygens (including phenoxy) is 1. The van der Waals surface area contributed by atoms with E-state index in [1.165, 1.54) is 7.11 Å². The van der Waals surface area contributed by atoms with Crippen molar-refractivity contribution in [1.29, 1.82) is 0 Å². The Morgan fingerprint density at radius 3 is 2.65 bits per heavy atom. The molecule has 0 aromatic rings. The molecule has 1 fully saturated rings. The molecule has 0 radical (unpaired) electrons. The molecule has 1 saturated heterocycles. The largest absolute Gasteiger partial charge is 0.481 e. The van der Waals surface area contributed by atoms with Crippen molar-refractivity contribution in [2.45, 2.75) is 12.5 Å². The number of hydrogen-bond acceptors (Lipinski definition) is 4. The molecule has 6 nitrogen and oxygen atoms in total. The molecule has 0 aromatic carbocycles. The average Bonchev–Trinajstić information content (AvgIpc) is 2.34. The highest BCUT2D eigenvalue weighted by Gasteiger charge is 2.18. The fourth-order valence-corrected chi connectivity index (χ4v) is 2.42. The van der Waals surface area contributed by atoms with E-state index >= 15 is 0 Å². The number of aliphatic carboxylic acids is 1. The van der Waals surface area contributed by atoms with Crippen LogP contribution in [-0.2, 0) is 9.53 Å². The summed E-state index contributed by atoms with van der Waals surface area (Å²) in [6.45, 7) is 1.71. The van der Waals surface area contributed by atoms with Crippen LogP contribution < -0.4 is 5.32 Å². The van der Waals surface area contributed by atoms with Gasteiger partial charge in [0.15, 0.2) is 0 Å². The lowest BCUT2D eigenvalue weighted by Gasteiger charge is -2.27. The van der Waals surface area contributed by atoms with E-state index in [1.54, 1.807) is 4.90 Å². The van der Waals surface area contributed by atoms with Crippen LogP contribution in [0.3, 0.4) is 0 Å². The van der Waals surface area contributed by atoms with Crippen LogP contribution in [0.2, 0.25) is 0 Å². The number of urea groups is 1. The van der Waals surface area contributed by atoms with Crippen LogP contribution in [0.15, 0.2) is 0 Å². The van der Waals surface area contributed by atoms with Crippen LogP contribution in [0.25, 0.3) is 0 Å². The van der Waals surface area contributed by atoms with Gasteiger partial charge in [-0.2, -0.15) is 11.8 Å². The van der Waals surface area contributed by atoms with Gasteiger partial charge in [-0.15, -0.1) is 0 Å². The molecule has 98 valence electrons. The molecule has 7 heteroatoms. The topological polar surface area (TPSA) is 78.9 Å². The van der Waals surface area contributed by atoms with Crippen LogP contribution in [0, 0.1) is 0 Å². The maximum atomic E-state index is 11.7. The maximum absolute atomic E-state index is 11.7. The van der Waals surface area contributed by atoms with Gasteiger partial charge in [-0.05, 0) is 0 Å². The number of nitrogens with zero attached hydrogens (tertiary/aromatic N) is 1. The standard InChI is InChI=1S/C10H18N2O4S/c1-16-8(6-9(13)14)7-11-10(15)12-2-4-17-5-3-12/h8H,2-7H2,1H3,(H,11,15)(H,13,14). The second kappa shape index (κ2) is 7.39. The molecule has 0 saturated carbocycles. The Kier molecular flexibility index (Phi) is 6.13. The molecular formula is C10H18N2O4S. The summed E-state index contributed by atoms with van der Waals surface area (Å²) in [6, 6.07) is -0.141. The molecule has 17 heavy (non-hydrogen) atoms. The van der Waals surface area contributed by atoms with Gasteiger partial charge in [0.1, 0.15) is 0 Å². The third-order valence-electron chi connectivity index (χ3n) is 2.51. The Morgan fingerprint density at radius 2 is 2.12 bits per heavy atom. The van der Waals surface area contributed by atoms with Gasteiger partial charge in [-0.25, -0.2) is 4.79 Å². The third-order valence-corrected chi connectivity index (χ3v) is 3.46. The molecule has 2 N–H and O–H groups in total. The van der Waals surface area contributed by atoms with Crippen molar-refractivity contribution in [1.82, 2.24) is 10.2 Å². The molecule has 1 atom stereocenters. The predicted octanol–water partition coefficient (Wildman–Crippen LogP) is 0.234. The SMILES string of the molecule is COC(CNC(=O)N1CCSCC1)CC(=O)O. The zero-order valence-electron chi connectivity index (χ0n) is 9.85. The summed E-state index contributed by atoms with van der Waals surface area (Å²) in [5.74, 6) is 0.979. The van der Waals surface area contributed by atoms with E-state index in [2.05, 4.69) is 5.32 Å². The first-order valence-electron chi connectivity index (χ1n) is 5.48. The Morgan fingerprint density at radius 1 is 1.47 bits per heavy atom. The van der Waals surface area contributed by atoms with Gasteiger partial charge in [-0.1, -0.05) is 0 Å². The highest BCUT2D eigenvalue weighted by atomic mass is 32.2. The number of amides is 2. The minimum atomic E-state index is -0.930. The van der Waals surface area contributed by atoms with Crippen molar-refractivity contribution in [2.75, 3.05) is 38.2 Å². The number of carbonyl (C=O) groups excluding carboxylic acids is 1. The first kappa shape index (κ1) is 14.1. The zero-order chi connectivity index (χ0) is 12.7. The lowest BCUT2D eigenvalue weighted by atomic mass is 10.2. The maximum Gasteiger partial charge on any atom is 0.317 e. The van der Waals surface area contributed by atoms with Crippen LogP contribution in [0.5, 0.6) is 0 Å². The zero-order valence-corrected chi connectivity index (χ0v) is 10.7. The lowest BCUT2D eigenvalue weighted by molar-refractivity contribution is -0.139. The van der Waals surface area contributed by atoms with E-state index in [4.69, 9.17) is 9.84 Å². The molecule has 1 rings (SSSR count). The highest BCUT2D eigenvalue weighted by Crippen LogP contribution is 2.08. The number of methoxy groups -OCH3 is 1. The molecule has 1 unspecified atom stereocenters. The van der Waals surface area contributed by atoms with Gasteiger partial charge >= 0.3 is 12.0 Å². The van der Waals surface area contributed by atoms with Crippen molar-refractivity contribution in [3.8, 4) is 0 Å². The number of thioether (sulfide) groups is 1. The second-order valence-electron chi connectivity index (χ2n) is 3.74. The Bertz CT molecular complexity index is 269. The van der Waals surface area contributed by atoms with E-state index in [0.717, 1.165) is 24.6 Å². The van der Waals surface area contributed by atoms with E-state index in [0.29, 0.717) is 0 Å². The summed E-state index contributed by atoms with van der Waals surface area (Å²) in [7, 11) is 1.44. The fraction of sp³-hybridized carbons (Fsp3) is 0.800. The van der Waals surface area contributed by atoms with Crippen molar-refractivity contribution in [3.63, 3.8) is 0 Å². The highest BCUT2D eigenvalue weighted by molar-refractivity contribution is 7.99. The summed E-state index contributed by atoms with van der Waals surface area (Å²) in [5.41, 5.74) is 0. The molecular weight excluding hydrogens is 244 g/mol. The van der Waals surface area contributed by atoms with E-state index in [9.17, 15) is 9.59 Å².